The first-order valence-electron chi connectivity index (χ1n) is 7.12. The quantitative estimate of drug-likeness (QED) is 0.377. The van der Waals surface area contributed by atoms with Crippen LogP contribution in [0.5, 0.6) is 0 Å². The lowest BCUT2D eigenvalue weighted by Gasteiger charge is -2.11. The van der Waals surface area contributed by atoms with Crippen molar-refractivity contribution in [2.24, 2.45) is 4.99 Å². The largest absolute Gasteiger partial charge is 0.357 e. The van der Waals surface area contributed by atoms with Crippen molar-refractivity contribution >= 4 is 27.6 Å². The molecule has 0 aliphatic heterocycles. The van der Waals surface area contributed by atoms with Gasteiger partial charge in [0, 0.05) is 24.7 Å². The van der Waals surface area contributed by atoms with Crippen LogP contribution in [0.4, 0.5) is 0 Å². The van der Waals surface area contributed by atoms with Crippen molar-refractivity contribution in [3.8, 4) is 0 Å². The topological polar surface area (TPSA) is 82.6 Å². The van der Waals surface area contributed by atoms with E-state index in [1.165, 1.54) is 0 Å². The molecule has 6 nitrogen and oxygen atoms in total. The predicted octanol–water partition coefficient (Wildman–Crippen LogP) is 1.33. The van der Waals surface area contributed by atoms with Gasteiger partial charge in [-0.1, -0.05) is 29.8 Å². The van der Waals surface area contributed by atoms with Crippen LogP contribution in [0.25, 0.3) is 0 Å². The average molecular weight is 347 g/mol. The van der Waals surface area contributed by atoms with Crippen LogP contribution in [0.15, 0.2) is 29.3 Å². The molecule has 0 spiro atoms. The van der Waals surface area contributed by atoms with E-state index in [0.29, 0.717) is 37.0 Å². The van der Waals surface area contributed by atoms with Gasteiger partial charge in [0.1, 0.15) is 0 Å². The standard InChI is InChI=1S/C14H23ClN4O2S/c1-3-16-14(17-9-6-10-19-22(2,20)21)18-11-12-7-4-5-8-13(12)15/h4-5,7-8,19H,3,6,9-11H2,1-2H3,(H2,16,17,18). The lowest BCUT2D eigenvalue weighted by molar-refractivity contribution is 0.584. The molecular weight excluding hydrogens is 324 g/mol. The summed E-state index contributed by atoms with van der Waals surface area (Å²) >= 11 is 6.10. The smallest absolute Gasteiger partial charge is 0.208 e. The maximum atomic E-state index is 10.9. The Morgan fingerprint density at radius 3 is 2.59 bits per heavy atom. The fraction of sp³-hybridized carbons (Fsp3) is 0.500. The third-order valence-electron chi connectivity index (χ3n) is 2.72. The van der Waals surface area contributed by atoms with Gasteiger partial charge in [-0.25, -0.2) is 18.1 Å². The normalized spacial score (nSPS) is 12.2. The molecule has 0 aromatic heterocycles. The number of sulfonamides is 1. The van der Waals surface area contributed by atoms with E-state index in [1.54, 1.807) is 0 Å². The molecule has 0 bridgehead atoms. The number of hydrogen-bond acceptors (Lipinski definition) is 3. The Hall–Kier alpha value is -1.31. The van der Waals surface area contributed by atoms with Gasteiger partial charge in [-0.05, 0) is 25.0 Å². The molecule has 0 aliphatic rings. The molecule has 8 heteroatoms. The zero-order chi connectivity index (χ0) is 16.4. The Morgan fingerprint density at radius 1 is 1.23 bits per heavy atom. The summed E-state index contributed by atoms with van der Waals surface area (Å²) in [5, 5.41) is 6.99. The van der Waals surface area contributed by atoms with Crippen molar-refractivity contribution in [1.29, 1.82) is 0 Å². The van der Waals surface area contributed by atoms with Crippen molar-refractivity contribution in [3.63, 3.8) is 0 Å². The summed E-state index contributed by atoms with van der Waals surface area (Å²) in [7, 11) is -3.12. The molecule has 0 saturated heterocycles. The minimum atomic E-state index is -3.12. The average Bonchev–Trinajstić information content (AvgIpc) is 2.44. The Kier molecular flexibility index (Phi) is 8.22. The van der Waals surface area contributed by atoms with Gasteiger partial charge in [0.25, 0.3) is 0 Å². The highest BCUT2D eigenvalue weighted by atomic mass is 35.5. The molecule has 0 saturated carbocycles. The minimum absolute atomic E-state index is 0.399. The van der Waals surface area contributed by atoms with E-state index in [9.17, 15) is 8.42 Å². The maximum absolute atomic E-state index is 10.9. The third-order valence-corrected chi connectivity index (χ3v) is 3.82. The van der Waals surface area contributed by atoms with Gasteiger partial charge in [-0.3, -0.25) is 0 Å². The second-order valence-electron chi connectivity index (χ2n) is 4.73. The summed E-state index contributed by atoms with van der Waals surface area (Å²) in [6.45, 7) is 4.23. The number of benzene rings is 1. The molecule has 0 amide bonds. The van der Waals surface area contributed by atoms with E-state index < -0.39 is 10.0 Å². The van der Waals surface area contributed by atoms with Gasteiger partial charge in [-0.2, -0.15) is 0 Å². The SMILES string of the molecule is CCNC(=NCc1ccccc1Cl)NCCCNS(C)(=O)=O. The van der Waals surface area contributed by atoms with Gasteiger partial charge < -0.3 is 10.6 Å². The van der Waals surface area contributed by atoms with E-state index in [1.807, 2.05) is 31.2 Å². The van der Waals surface area contributed by atoms with Gasteiger partial charge in [-0.15, -0.1) is 0 Å². The second-order valence-corrected chi connectivity index (χ2v) is 6.97. The van der Waals surface area contributed by atoms with Crippen LogP contribution in [0, 0.1) is 0 Å². The van der Waals surface area contributed by atoms with Crippen LogP contribution < -0.4 is 15.4 Å². The summed E-state index contributed by atoms with van der Waals surface area (Å²) < 4.78 is 24.3. The van der Waals surface area contributed by atoms with Crippen LogP contribution >= 0.6 is 11.6 Å². The van der Waals surface area contributed by atoms with Crippen LogP contribution in [-0.4, -0.2) is 40.3 Å². The molecule has 0 atom stereocenters. The Morgan fingerprint density at radius 2 is 1.95 bits per heavy atom. The highest BCUT2D eigenvalue weighted by Gasteiger charge is 2.01. The molecule has 0 unspecified atom stereocenters. The predicted molar refractivity (Wildman–Crippen MR) is 91.7 cm³/mol. The summed E-state index contributed by atoms with van der Waals surface area (Å²) in [6.07, 6.45) is 1.82. The third kappa shape index (κ3) is 8.21. The second kappa shape index (κ2) is 9.66. The number of hydrogen-bond donors (Lipinski definition) is 3. The van der Waals surface area contributed by atoms with Crippen LogP contribution in [-0.2, 0) is 16.6 Å². The van der Waals surface area contributed by atoms with E-state index >= 15 is 0 Å². The van der Waals surface area contributed by atoms with Gasteiger partial charge >= 0.3 is 0 Å². The highest BCUT2D eigenvalue weighted by Crippen LogP contribution is 2.15. The van der Waals surface area contributed by atoms with Crippen molar-refractivity contribution in [3.05, 3.63) is 34.9 Å². The molecule has 1 rings (SSSR count). The molecule has 0 heterocycles. The molecule has 22 heavy (non-hydrogen) atoms. The zero-order valence-electron chi connectivity index (χ0n) is 12.9. The first-order chi connectivity index (χ1) is 10.4. The molecule has 1 aromatic rings. The number of nitrogens with zero attached hydrogens (tertiary/aromatic N) is 1. The number of nitrogens with one attached hydrogen (secondary N) is 3. The molecule has 0 fully saturated rings. The van der Waals surface area contributed by atoms with Crippen molar-refractivity contribution in [1.82, 2.24) is 15.4 Å². The fourth-order valence-electron chi connectivity index (χ4n) is 1.69. The summed E-state index contributed by atoms with van der Waals surface area (Å²) in [5.74, 6) is 0.682. The van der Waals surface area contributed by atoms with E-state index in [2.05, 4.69) is 20.3 Å². The van der Waals surface area contributed by atoms with E-state index in [0.717, 1.165) is 18.4 Å². The van der Waals surface area contributed by atoms with Gasteiger partial charge in [0.2, 0.25) is 10.0 Å². The molecule has 0 aliphatic carbocycles. The van der Waals surface area contributed by atoms with Crippen molar-refractivity contribution in [2.45, 2.75) is 19.9 Å². The monoisotopic (exact) mass is 346 g/mol. The zero-order valence-corrected chi connectivity index (χ0v) is 14.5. The number of aliphatic imine (C=N–C) groups is 1. The van der Waals surface area contributed by atoms with E-state index in [-0.39, 0.29) is 0 Å². The summed E-state index contributed by atoms with van der Waals surface area (Å²) in [5.41, 5.74) is 0.958. The molecule has 124 valence electrons. The fourth-order valence-corrected chi connectivity index (χ4v) is 2.40. The minimum Gasteiger partial charge on any atom is -0.357 e. The van der Waals surface area contributed by atoms with Crippen molar-refractivity contribution < 1.29 is 8.42 Å². The molecule has 1 aromatic carbocycles. The lowest BCUT2D eigenvalue weighted by Crippen LogP contribution is -2.38. The first kappa shape index (κ1) is 18.7. The van der Waals surface area contributed by atoms with Crippen molar-refractivity contribution in [2.75, 3.05) is 25.9 Å². The maximum Gasteiger partial charge on any atom is 0.208 e. The van der Waals surface area contributed by atoms with Gasteiger partial charge in [0.15, 0.2) is 5.96 Å². The number of halogens is 1. The highest BCUT2D eigenvalue weighted by molar-refractivity contribution is 7.88. The first-order valence-corrected chi connectivity index (χ1v) is 9.39. The summed E-state index contributed by atoms with van der Waals surface area (Å²) in [6, 6.07) is 7.58. The van der Waals surface area contributed by atoms with Gasteiger partial charge in [0.05, 0.1) is 12.8 Å². The van der Waals surface area contributed by atoms with Crippen LogP contribution in [0.1, 0.15) is 18.9 Å². The molecule has 3 N–H and O–H groups in total. The Balaban J connectivity index is 2.44. The lowest BCUT2D eigenvalue weighted by atomic mass is 10.2. The Labute approximate surface area is 137 Å². The van der Waals surface area contributed by atoms with Crippen LogP contribution in [0.2, 0.25) is 5.02 Å². The molecular formula is C14H23ClN4O2S. The molecule has 0 radical (unpaired) electrons. The number of guanidine groups is 1. The summed E-state index contributed by atoms with van der Waals surface area (Å²) in [4.78, 5) is 4.46. The Bertz CT molecular complexity index is 590. The number of rotatable bonds is 8. The van der Waals surface area contributed by atoms with Crippen LogP contribution in [0.3, 0.4) is 0 Å². The van der Waals surface area contributed by atoms with E-state index in [4.69, 9.17) is 11.6 Å².